The number of hydrogen-bond donors (Lipinski definition) is 1. The second-order valence-electron chi connectivity index (χ2n) is 3.85. The van der Waals surface area contributed by atoms with E-state index in [1.807, 2.05) is 30.3 Å². The van der Waals surface area contributed by atoms with Crippen molar-refractivity contribution in [3.05, 3.63) is 35.9 Å². The van der Waals surface area contributed by atoms with Crippen molar-refractivity contribution < 1.29 is 4.79 Å². The van der Waals surface area contributed by atoms with Crippen molar-refractivity contribution in [2.75, 3.05) is 13.1 Å². The zero-order valence-corrected chi connectivity index (χ0v) is 8.20. The summed E-state index contributed by atoms with van der Waals surface area (Å²) >= 11 is 0. The Morgan fingerprint density at radius 3 is 2.79 bits per heavy atom. The first kappa shape index (κ1) is 9.41. The largest absolute Gasteiger partial charge is 0.316 e. The number of ketones is 1. The van der Waals surface area contributed by atoms with Gasteiger partial charge in [0, 0.05) is 12.0 Å². The van der Waals surface area contributed by atoms with E-state index >= 15 is 0 Å². The minimum atomic E-state index is 0.277. The molecule has 1 aromatic carbocycles. The first-order valence-electron chi connectivity index (χ1n) is 5.15. The Hall–Kier alpha value is -1.15. The van der Waals surface area contributed by atoms with Gasteiger partial charge < -0.3 is 5.32 Å². The molecule has 1 fully saturated rings. The van der Waals surface area contributed by atoms with Crippen LogP contribution in [-0.2, 0) is 0 Å². The van der Waals surface area contributed by atoms with Gasteiger partial charge in [-0.1, -0.05) is 30.3 Å². The van der Waals surface area contributed by atoms with Gasteiger partial charge in [-0.05, 0) is 25.4 Å². The van der Waals surface area contributed by atoms with Crippen molar-refractivity contribution in [2.24, 2.45) is 5.92 Å². The van der Waals surface area contributed by atoms with E-state index in [0.717, 1.165) is 25.1 Å². The zero-order valence-electron chi connectivity index (χ0n) is 8.20. The van der Waals surface area contributed by atoms with Crippen molar-refractivity contribution in [2.45, 2.75) is 12.8 Å². The Balaban J connectivity index is 1.95. The van der Waals surface area contributed by atoms with Crippen LogP contribution in [0.1, 0.15) is 23.2 Å². The normalized spacial score (nSPS) is 21.0. The molecule has 1 heterocycles. The van der Waals surface area contributed by atoms with Crippen LogP contribution in [0.2, 0.25) is 0 Å². The zero-order chi connectivity index (χ0) is 9.80. The summed E-state index contributed by atoms with van der Waals surface area (Å²) in [6, 6.07) is 9.56. The highest BCUT2D eigenvalue weighted by atomic mass is 16.1. The minimum Gasteiger partial charge on any atom is -0.316 e. The van der Waals surface area contributed by atoms with Crippen molar-refractivity contribution in [1.29, 1.82) is 0 Å². The molecule has 0 aliphatic carbocycles. The number of Topliss-reactive ketones (excluding diaryl/α,β-unsaturated/α-hetero) is 1. The fraction of sp³-hybridized carbons (Fsp3) is 0.417. The van der Waals surface area contributed by atoms with Gasteiger partial charge in [0.15, 0.2) is 5.78 Å². The molecule has 0 radical (unpaired) electrons. The summed E-state index contributed by atoms with van der Waals surface area (Å²) in [7, 11) is 0. The van der Waals surface area contributed by atoms with E-state index in [1.54, 1.807) is 0 Å². The highest BCUT2D eigenvalue weighted by molar-refractivity contribution is 5.96. The van der Waals surface area contributed by atoms with E-state index in [-0.39, 0.29) is 5.78 Å². The molecule has 14 heavy (non-hydrogen) atoms. The second kappa shape index (κ2) is 4.38. The minimum absolute atomic E-state index is 0.277. The van der Waals surface area contributed by atoms with E-state index in [4.69, 9.17) is 0 Å². The van der Waals surface area contributed by atoms with Crippen molar-refractivity contribution in [3.63, 3.8) is 0 Å². The summed E-state index contributed by atoms with van der Waals surface area (Å²) in [5, 5.41) is 3.28. The Morgan fingerprint density at radius 1 is 1.36 bits per heavy atom. The molecule has 1 N–H and O–H groups in total. The van der Waals surface area contributed by atoms with Gasteiger partial charge in [-0.2, -0.15) is 0 Å². The van der Waals surface area contributed by atoms with E-state index in [0.29, 0.717) is 12.3 Å². The maximum absolute atomic E-state index is 11.8. The Labute approximate surface area is 84.3 Å². The predicted molar refractivity (Wildman–Crippen MR) is 56.4 cm³/mol. The van der Waals surface area contributed by atoms with Gasteiger partial charge in [0.2, 0.25) is 0 Å². The fourth-order valence-electron chi connectivity index (χ4n) is 1.89. The number of carbonyl (C=O) groups excluding carboxylic acids is 1. The lowest BCUT2D eigenvalue weighted by atomic mass is 9.98. The van der Waals surface area contributed by atoms with Crippen LogP contribution in [0.5, 0.6) is 0 Å². The molecule has 0 aromatic heterocycles. The molecule has 74 valence electrons. The number of nitrogens with one attached hydrogen (secondary N) is 1. The van der Waals surface area contributed by atoms with Gasteiger partial charge in [0.05, 0.1) is 0 Å². The molecule has 2 heteroatoms. The molecule has 1 unspecified atom stereocenters. The monoisotopic (exact) mass is 189 g/mol. The van der Waals surface area contributed by atoms with Crippen molar-refractivity contribution in [1.82, 2.24) is 5.32 Å². The van der Waals surface area contributed by atoms with Crippen LogP contribution in [0.25, 0.3) is 0 Å². The van der Waals surface area contributed by atoms with E-state index in [2.05, 4.69) is 5.32 Å². The number of hydrogen-bond acceptors (Lipinski definition) is 2. The van der Waals surface area contributed by atoms with Gasteiger partial charge >= 0.3 is 0 Å². The van der Waals surface area contributed by atoms with E-state index in [1.165, 1.54) is 0 Å². The average molecular weight is 189 g/mol. The third-order valence-electron chi connectivity index (χ3n) is 2.73. The second-order valence-corrected chi connectivity index (χ2v) is 3.85. The maximum atomic E-state index is 11.8. The summed E-state index contributed by atoms with van der Waals surface area (Å²) in [5.41, 5.74) is 0.847. The standard InChI is InChI=1S/C12H15NO/c14-12(8-10-6-7-13-9-10)11-4-2-1-3-5-11/h1-5,10,13H,6-9H2. The number of carbonyl (C=O) groups is 1. The third-order valence-corrected chi connectivity index (χ3v) is 2.73. The van der Waals surface area contributed by atoms with E-state index < -0.39 is 0 Å². The smallest absolute Gasteiger partial charge is 0.163 e. The summed E-state index contributed by atoms with van der Waals surface area (Å²) < 4.78 is 0. The molecule has 2 nitrogen and oxygen atoms in total. The van der Waals surface area contributed by atoms with Crippen LogP contribution in [-0.4, -0.2) is 18.9 Å². The Bertz CT molecular complexity index is 301. The van der Waals surface area contributed by atoms with Gasteiger partial charge in [-0.25, -0.2) is 0 Å². The molecule has 1 aliphatic heterocycles. The van der Waals surface area contributed by atoms with Gasteiger partial charge in [0.1, 0.15) is 0 Å². The topological polar surface area (TPSA) is 29.1 Å². The number of rotatable bonds is 3. The quantitative estimate of drug-likeness (QED) is 0.735. The fourth-order valence-corrected chi connectivity index (χ4v) is 1.89. The van der Waals surface area contributed by atoms with Crippen LogP contribution < -0.4 is 5.32 Å². The summed E-state index contributed by atoms with van der Waals surface area (Å²) in [6.45, 7) is 2.06. The van der Waals surface area contributed by atoms with Gasteiger partial charge in [0.25, 0.3) is 0 Å². The Kier molecular flexibility index (Phi) is 2.94. The van der Waals surface area contributed by atoms with E-state index in [9.17, 15) is 4.79 Å². The predicted octanol–water partition coefficient (Wildman–Crippen LogP) is 1.87. The molecule has 0 amide bonds. The Morgan fingerprint density at radius 2 is 2.14 bits per heavy atom. The molecule has 0 bridgehead atoms. The maximum Gasteiger partial charge on any atom is 0.163 e. The average Bonchev–Trinajstić information content (AvgIpc) is 2.72. The molecule has 2 rings (SSSR count). The SMILES string of the molecule is O=C(CC1CCNC1)c1ccccc1. The van der Waals surface area contributed by atoms with Crippen LogP contribution >= 0.6 is 0 Å². The molecular formula is C12H15NO. The number of benzene rings is 1. The molecular weight excluding hydrogens is 174 g/mol. The molecule has 1 aromatic rings. The lowest BCUT2D eigenvalue weighted by molar-refractivity contribution is 0.0964. The third kappa shape index (κ3) is 2.20. The lowest BCUT2D eigenvalue weighted by Crippen LogP contribution is -2.12. The summed E-state index contributed by atoms with van der Waals surface area (Å²) in [5.74, 6) is 0.821. The highest BCUT2D eigenvalue weighted by Crippen LogP contribution is 2.15. The first-order chi connectivity index (χ1) is 6.86. The lowest BCUT2D eigenvalue weighted by Gasteiger charge is -2.06. The van der Waals surface area contributed by atoms with Crippen LogP contribution in [0.3, 0.4) is 0 Å². The molecule has 1 aliphatic rings. The molecule has 0 saturated carbocycles. The molecule has 1 atom stereocenters. The molecule has 1 saturated heterocycles. The highest BCUT2D eigenvalue weighted by Gasteiger charge is 2.18. The van der Waals surface area contributed by atoms with Crippen LogP contribution in [0, 0.1) is 5.92 Å². The van der Waals surface area contributed by atoms with Gasteiger partial charge in [-0.3, -0.25) is 4.79 Å². The summed E-state index contributed by atoms with van der Waals surface area (Å²) in [4.78, 5) is 11.8. The van der Waals surface area contributed by atoms with Gasteiger partial charge in [-0.15, -0.1) is 0 Å². The van der Waals surface area contributed by atoms with Crippen molar-refractivity contribution in [3.8, 4) is 0 Å². The molecule has 0 spiro atoms. The van der Waals surface area contributed by atoms with Crippen molar-refractivity contribution >= 4 is 5.78 Å². The van der Waals surface area contributed by atoms with Crippen LogP contribution in [0.4, 0.5) is 0 Å². The first-order valence-corrected chi connectivity index (χ1v) is 5.15. The van der Waals surface area contributed by atoms with Crippen LogP contribution in [0.15, 0.2) is 30.3 Å². The summed E-state index contributed by atoms with van der Waals surface area (Å²) in [6.07, 6.45) is 1.83.